The van der Waals surface area contributed by atoms with Gasteiger partial charge in [-0.1, -0.05) is 24.2 Å². The number of nitrogens with zero attached hydrogens (tertiary/aromatic N) is 5. The van der Waals surface area contributed by atoms with E-state index in [2.05, 4.69) is 34.3 Å². The van der Waals surface area contributed by atoms with Crippen LogP contribution in [0.15, 0.2) is 4.52 Å². The summed E-state index contributed by atoms with van der Waals surface area (Å²) in [7, 11) is 0. The highest BCUT2D eigenvalue weighted by molar-refractivity contribution is 5.88. The fraction of sp³-hybridized carbons (Fsp3) is 0.615. The molecular formula is C13H19N5O3. The number of carbonyl (C=O) groups is 1. The molecule has 2 aromatic rings. The Morgan fingerprint density at radius 3 is 2.86 bits per heavy atom. The average molecular weight is 293 g/mol. The van der Waals surface area contributed by atoms with Crippen LogP contribution in [-0.4, -0.2) is 37.7 Å². The summed E-state index contributed by atoms with van der Waals surface area (Å²) in [4.78, 5) is 16.0. The van der Waals surface area contributed by atoms with Gasteiger partial charge in [-0.3, -0.25) is 0 Å². The zero-order valence-corrected chi connectivity index (χ0v) is 12.7. The van der Waals surface area contributed by atoms with Crippen molar-refractivity contribution in [3.8, 4) is 0 Å². The molecule has 0 aliphatic rings. The van der Waals surface area contributed by atoms with E-state index in [4.69, 9.17) is 9.26 Å². The molecule has 0 amide bonds. The molecule has 0 N–H and O–H groups in total. The van der Waals surface area contributed by atoms with Crippen LogP contribution in [0.3, 0.4) is 0 Å². The van der Waals surface area contributed by atoms with Crippen molar-refractivity contribution in [2.75, 3.05) is 6.61 Å². The molecule has 0 bridgehead atoms. The van der Waals surface area contributed by atoms with E-state index >= 15 is 0 Å². The van der Waals surface area contributed by atoms with Gasteiger partial charge in [0.15, 0.2) is 11.5 Å². The third-order valence-corrected chi connectivity index (χ3v) is 2.84. The molecule has 2 aromatic heterocycles. The molecule has 0 atom stereocenters. The van der Waals surface area contributed by atoms with Gasteiger partial charge in [-0.05, 0) is 19.8 Å². The van der Waals surface area contributed by atoms with E-state index in [-0.39, 0.29) is 12.2 Å². The molecule has 0 saturated heterocycles. The van der Waals surface area contributed by atoms with Crippen molar-refractivity contribution in [1.82, 2.24) is 25.1 Å². The first kappa shape index (κ1) is 15.1. The van der Waals surface area contributed by atoms with E-state index < -0.39 is 5.97 Å². The Morgan fingerprint density at radius 2 is 2.19 bits per heavy atom. The van der Waals surface area contributed by atoms with E-state index in [0.29, 0.717) is 29.9 Å². The summed E-state index contributed by atoms with van der Waals surface area (Å²) in [6.07, 6.45) is 0.758. The minimum atomic E-state index is -0.479. The maximum absolute atomic E-state index is 11.7. The number of esters is 1. The molecule has 0 aromatic carbocycles. The lowest BCUT2D eigenvalue weighted by molar-refractivity contribution is 0.0518. The van der Waals surface area contributed by atoms with Gasteiger partial charge in [-0.2, -0.15) is 4.98 Å². The Balaban J connectivity index is 2.10. The summed E-state index contributed by atoms with van der Waals surface area (Å²) in [6, 6.07) is 0. The second kappa shape index (κ2) is 6.47. The van der Waals surface area contributed by atoms with Crippen LogP contribution in [0.1, 0.15) is 48.7 Å². The number of hydrogen-bond acceptors (Lipinski definition) is 7. The number of hydrogen-bond donors (Lipinski definition) is 0. The van der Waals surface area contributed by atoms with Crippen LogP contribution in [0.4, 0.5) is 0 Å². The van der Waals surface area contributed by atoms with Gasteiger partial charge in [-0.15, -0.1) is 5.10 Å². The summed E-state index contributed by atoms with van der Waals surface area (Å²) >= 11 is 0. The summed E-state index contributed by atoms with van der Waals surface area (Å²) < 4.78 is 11.6. The zero-order chi connectivity index (χ0) is 15.4. The topological polar surface area (TPSA) is 95.9 Å². The highest BCUT2D eigenvalue weighted by atomic mass is 16.5. The van der Waals surface area contributed by atoms with E-state index in [0.717, 1.165) is 6.42 Å². The molecule has 0 unspecified atom stereocenters. The zero-order valence-electron chi connectivity index (χ0n) is 12.7. The molecule has 8 nitrogen and oxygen atoms in total. The van der Waals surface area contributed by atoms with Crippen LogP contribution in [0.2, 0.25) is 0 Å². The van der Waals surface area contributed by atoms with Crippen molar-refractivity contribution in [2.24, 2.45) is 5.92 Å². The summed E-state index contributed by atoms with van der Waals surface area (Å²) in [6.45, 7) is 8.24. The minimum Gasteiger partial charge on any atom is -0.461 e. The molecule has 8 heteroatoms. The van der Waals surface area contributed by atoms with Gasteiger partial charge >= 0.3 is 5.97 Å². The SMILES string of the molecule is CCOC(=O)c1nnn(Cc2nc(CC(C)C)no2)c1C. The highest BCUT2D eigenvalue weighted by Gasteiger charge is 2.19. The molecule has 0 radical (unpaired) electrons. The fourth-order valence-electron chi connectivity index (χ4n) is 1.83. The molecule has 0 saturated carbocycles. The Morgan fingerprint density at radius 1 is 1.43 bits per heavy atom. The molecule has 0 spiro atoms. The first-order chi connectivity index (χ1) is 10.0. The maximum atomic E-state index is 11.7. The van der Waals surface area contributed by atoms with Gasteiger partial charge in [0, 0.05) is 6.42 Å². The van der Waals surface area contributed by atoms with E-state index in [9.17, 15) is 4.79 Å². The number of carbonyl (C=O) groups excluding carboxylic acids is 1. The molecular weight excluding hydrogens is 274 g/mol. The molecule has 21 heavy (non-hydrogen) atoms. The minimum absolute atomic E-state index is 0.207. The summed E-state index contributed by atoms with van der Waals surface area (Å²) in [5, 5.41) is 11.7. The monoisotopic (exact) mass is 293 g/mol. The second-order valence-electron chi connectivity index (χ2n) is 5.10. The Bertz CT molecular complexity index is 617. The highest BCUT2D eigenvalue weighted by Crippen LogP contribution is 2.09. The smallest absolute Gasteiger partial charge is 0.360 e. The van der Waals surface area contributed by atoms with Gasteiger partial charge in [0.25, 0.3) is 0 Å². The second-order valence-corrected chi connectivity index (χ2v) is 5.10. The van der Waals surface area contributed by atoms with Crippen LogP contribution < -0.4 is 0 Å². The molecule has 0 fully saturated rings. The van der Waals surface area contributed by atoms with Crippen molar-refractivity contribution in [3.63, 3.8) is 0 Å². The van der Waals surface area contributed by atoms with Crippen molar-refractivity contribution in [1.29, 1.82) is 0 Å². The fourth-order valence-corrected chi connectivity index (χ4v) is 1.83. The van der Waals surface area contributed by atoms with Crippen molar-refractivity contribution >= 4 is 5.97 Å². The number of rotatable bonds is 6. The molecule has 114 valence electrons. The normalized spacial score (nSPS) is 11.1. The van der Waals surface area contributed by atoms with E-state index in [1.54, 1.807) is 18.5 Å². The van der Waals surface area contributed by atoms with Gasteiger partial charge in [0.1, 0.15) is 6.54 Å². The van der Waals surface area contributed by atoms with Crippen molar-refractivity contribution in [3.05, 3.63) is 23.1 Å². The Hall–Kier alpha value is -2.25. The lowest BCUT2D eigenvalue weighted by Crippen LogP contribution is -2.09. The quantitative estimate of drug-likeness (QED) is 0.742. The van der Waals surface area contributed by atoms with Crippen LogP contribution in [0.25, 0.3) is 0 Å². The van der Waals surface area contributed by atoms with Gasteiger partial charge in [0.05, 0.1) is 12.3 Å². The van der Waals surface area contributed by atoms with Crippen LogP contribution in [-0.2, 0) is 17.7 Å². The first-order valence-electron chi connectivity index (χ1n) is 6.90. The third kappa shape index (κ3) is 3.65. The van der Waals surface area contributed by atoms with Crippen LogP contribution in [0.5, 0.6) is 0 Å². The Labute approximate surface area is 122 Å². The van der Waals surface area contributed by atoms with Crippen molar-refractivity contribution < 1.29 is 14.1 Å². The maximum Gasteiger partial charge on any atom is 0.360 e. The lowest BCUT2D eigenvalue weighted by Gasteiger charge is -2.00. The average Bonchev–Trinajstić information content (AvgIpc) is 2.98. The van der Waals surface area contributed by atoms with Crippen molar-refractivity contribution in [2.45, 2.75) is 40.7 Å². The standard InChI is InChI=1S/C13H19N5O3/c1-5-20-13(19)12-9(4)18(17-15-12)7-11-14-10(16-21-11)6-8(2)3/h8H,5-7H2,1-4H3. The predicted molar refractivity (Wildman–Crippen MR) is 72.7 cm³/mol. The van der Waals surface area contributed by atoms with Crippen LogP contribution in [0, 0.1) is 12.8 Å². The molecule has 0 aliphatic carbocycles. The first-order valence-corrected chi connectivity index (χ1v) is 6.90. The van der Waals surface area contributed by atoms with E-state index in [1.165, 1.54) is 0 Å². The molecule has 0 aliphatic heterocycles. The Kier molecular flexibility index (Phi) is 4.66. The number of ether oxygens (including phenoxy) is 1. The predicted octanol–water partition coefficient (Wildman–Crippen LogP) is 1.39. The summed E-state index contributed by atoms with van der Waals surface area (Å²) in [5.74, 6) is 1.09. The number of aromatic nitrogens is 5. The van der Waals surface area contributed by atoms with Crippen LogP contribution >= 0.6 is 0 Å². The van der Waals surface area contributed by atoms with Gasteiger partial charge in [-0.25, -0.2) is 9.48 Å². The van der Waals surface area contributed by atoms with Gasteiger partial charge < -0.3 is 9.26 Å². The van der Waals surface area contributed by atoms with Gasteiger partial charge in [0.2, 0.25) is 5.89 Å². The molecule has 2 heterocycles. The van der Waals surface area contributed by atoms with E-state index in [1.807, 2.05) is 0 Å². The lowest BCUT2D eigenvalue weighted by atomic mass is 10.1. The third-order valence-electron chi connectivity index (χ3n) is 2.84. The molecule has 2 rings (SSSR count). The largest absolute Gasteiger partial charge is 0.461 e. The summed E-state index contributed by atoms with van der Waals surface area (Å²) in [5.41, 5.74) is 0.816.